The van der Waals surface area contributed by atoms with Crippen LogP contribution in [0.25, 0.3) is 0 Å². The maximum atomic E-state index is 9.77. The van der Waals surface area contributed by atoms with Crippen LogP contribution in [0.1, 0.15) is 27.2 Å². The molecule has 2 nitrogen and oxygen atoms in total. The van der Waals surface area contributed by atoms with E-state index in [-0.39, 0.29) is 0 Å². The van der Waals surface area contributed by atoms with E-state index in [1.807, 2.05) is 0 Å². The van der Waals surface area contributed by atoms with Gasteiger partial charge in [-0.3, -0.25) is 4.79 Å². The van der Waals surface area contributed by atoms with Crippen LogP contribution in [-0.2, 0) is 9.53 Å². The number of ether oxygens (including phenoxy) is 1. The van der Waals surface area contributed by atoms with Crippen LogP contribution < -0.4 is 0 Å². The van der Waals surface area contributed by atoms with Gasteiger partial charge in [0.15, 0.2) is 0 Å². The molecule has 0 aliphatic carbocycles. The predicted molar refractivity (Wildman–Crippen MR) is 40.6 cm³/mol. The molecular weight excluding hydrogens is 128 g/mol. The third-order valence-corrected chi connectivity index (χ3v) is 1.32. The van der Waals surface area contributed by atoms with Crippen LogP contribution in [0.4, 0.5) is 0 Å². The molecule has 0 radical (unpaired) electrons. The van der Waals surface area contributed by atoms with Gasteiger partial charge in [0.1, 0.15) is 0 Å². The minimum absolute atomic E-state index is 0.491. The number of rotatable bonds is 5. The molecule has 0 aromatic carbocycles. The Kier molecular flexibility index (Phi) is 4.99. The normalized spacial score (nSPS) is 13.2. The molecule has 0 aliphatic rings. The van der Waals surface area contributed by atoms with Gasteiger partial charge >= 0.3 is 0 Å². The first kappa shape index (κ1) is 9.47. The fourth-order valence-electron chi connectivity index (χ4n) is 1.08. The van der Waals surface area contributed by atoms with Gasteiger partial charge in [-0.15, -0.1) is 0 Å². The summed E-state index contributed by atoms with van der Waals surface area (Å²) in [6.07, 6.45) is 1.12. The summed E-state index contributed by atoms with van der Waals surface area (Å²) in [7, 11) is 0. The van der Waals surface area contributed by atoms with E-state index in [2.05, 4.69) is 25.5 Å². The monoisotopic (exact) mass is 144 g/mol. The van der Waals surface area contributed by atoms with Crippen molar-refractivity contribution in [3.8, 4) is 0 Å². The molecule has 0 aromatic rings. The Labute approximate surface area is 62.6 Å². The summed E-state index contributed by atoms with van der Waals surface area (Å²) < 4.78 is 4.62. The van der Waals surface area contributed by atoms with Crippen molar-refractivity contribution in [3.05, 3.63) is 0 Å². The lowest BCUT2D eigenvalue weighted by atomic mass is 10.00. The average molecular weight is 144 g/mol. The van der Waals surface area contributed by atoms with Gasteiger partial charge in [-0.1, -0.05) is 20.8 Å². The van der Waals surface area contributed by atoms with E-state index in [1.54, 1.807) is 0 Å². The molecule has 0 heterocycles. The molecule has 0 saturated carbocycles. The van der Waals surface area contributed by atoms with Crippen molar-refractivity contribution in [1.29, 1.82) is 0 Å². The van der Waals surface area contributed by atoms with Crippen molar-refractivity contribution >= 4 is 6.47 Å². The van der Waals surface area contributed by atoms with E-state index in [9.17, 15) is 4.79 Å². The number of hydrogen-bond acceptors (Lipinski definition) is 2. The Morgan fingerprint density at radius 2 is 2.00 bits per heavy atom. The van der Waals surface area contributed by atoms with Crippen LogP contribution in [0.5, 0.6) is 0 Å². The fraction of sp³-hybridized carbons (Fsp3) is 0.875. The van der Waals surface area contributed by atoms with Gasteiger partial charge in [-0.05, 0) is 18.3 Å². The van der Waals surface area contributed by atoms with E-state index in [1.165, 1.54) is 0 Å². The van der Waals surface area contributed by atoms with E-state index < -0.39 is 0 Å². The molecule has 10 heavy (non-hydrogen) atoms. The van der Waals surface area contributed by atoms with E-state index in [0.717, 1.165) is 6.42 Å². The van der Waals surface area contributed by atoms with Crippen LogP contribution in [0.2, 0.25) is 0 Å². The van der Waals surface area contributed by atoms with Crippen molar-refractivity contribution in [1.82, 2.24) is 0 Å². The third-order valence-electron chi connectivity index (χ3n) is 1.32. The second kappa shape index (κ2) is 5.27. The van der Waals surface area contributed by atoms with E-state index in [4.69, 9.17) is 0 Å². The van der Waals surface area contributed by atoms with Gasteiger partial charge in [0.2, 0.25) is 0 Å². The van der Waals surface area contributed by atoms with E-state index in [0.29, 0.717) is 24.9 Å². The highest BCUT2D eigenvalue weighted by atomic mass is 16.5. The lowest BCUT2D eigenvalue weighted by Gasteiger charge is -2.11. The zero-order valence-corrected chi connectivity index (χ0v) is 6.96. The second-order valence-electron chi connectivity index (χ2n) is 3.16. The van der Waals surface area contributed by atoms with Gasteiger partial charge in [-0.2, -0.15) is 0 Å². The fourth-order valence-corrected chi connectivity index (χ4v) is 1.08. The Bertz CT molecular complexity index is 89.3. The molecule has 0 N–H and O–H groups in total. The average Bonchev–Trinajstić information content (AvgIpc) is 1.82. The highest BCUT2D eigenvalue weighted by Crippen LogP contribution is 2.10. The first-order chi connectivity index (χ1) is 4.66. The molecule has 60 valence electrons. The van der Waals surface area contributed by atoms with Crippen LogP contribution in [0.3, 0.4) is 0 Å². The first-order valence-corrected chi connectivity index (χ1v) is 3.72. The second-order valence-corrected chi connectivity index (χ2v) is 3.16. The number of carbonyl (C=O) groups is 1. The Balaban J connectivity index is 3.24. The van der Waals surface area contributed by atoms with Crippen molar-refractivity contribution < 1.29 is 9.53 Å². The summed E-state index contributed by atoms with van der Waals surface area (Å²) in [5.41, 5.74) is 0. The maximum absolute atomic E-state index is 9.77. The molecule has 0 rings (SSSR count). The molecule has 0 aromatic heterocycles. The van der Waals surface area contributed by atoms with Crippen LogP contribution in [0.15, 0.2) is 0 Å². The third kappa shape index (κ3) is 5.60. The lowest BCUT2D eigenvalue weighted by Crippen LogP contribution is -2.07. The Hall–Kier alpha value is -0.530. The SMILES string of the molecule is CC(C)CC(C)COC=O. The molecule has 0 bridgehead atoms. The van der Waals surface area contributed by atoms with E-state index >= 15 is 0 Å². The lowest BCUT2D eigenvalue weighted by molar-refractivity contribution is -0.129. The minimum Gasteiger partial charge on any atom is -0.468 e. The smallest absolute Gasteiger partial charge is 0.293 e. The van der Waals surface area contributed by atoms with Gasteiger partial charge in [0.05, 0.1) is 6.61 Å². The Morgan fingerprint density at radius 1 is 1.40 bits per heavy atom. The van der Waals surface area contributed by atoms with Crippen molar-refractivity contribution in [2.75, 3.05) is 6.61 Å². The largest absolute Gasteiger partial charge is 0.468 e. The molecule has 0 amide bonds. The van der Waals surface area contributed by atoms with Crippen molar-refractivity contribution in [2.45, 2.75) is 27.2 Å². The zero-order chi connectivity index (χ0) is 7.98. The molecule has 0 aliphatic heterocycles. The predicted octanol–water partition coefficient (Wildman–Crippen LogP) is 1.84. The van der Waals surface area contributed by atoms with Crippen molar-refractivity contribution in [2.24, 2.45) is 11.8 Å². The topological polar surface area (TPSA) is 26.3 Å². The molecule has 1 atom stereocenters. The molecule has 0 fully saturated rings. The van der Waals surface area contributed by atoms with Crippen LogP contribution >= 0.6 is 0 Å². The van der Waals surface area contributed by atoms with Crippen LogP contribution in [0, 0.1) is 11.8 Å². The van der Waals surface area contributed by atoms with Gasteiger partial charge in [0.25, 0.3) is 6.47 Å². The molecule has 2 heteroatoms. The van der Waals surface area contributed by atoms with Crippen molar-refractivity contribution in [3.63, 3.8) is 0 Å². The first-order valence-electron chi connectivity index (χ1n) is 3.72. The molecular formula is C8H16O2. The summed E-state index contributed by atoms with van der Waals surface area (Å²) in [5.74, 6) is 1.18. The maximum Gasteiger partial charge on any atom is 0.293 e. The van der Waals surface area contributed by atoms with Gasteiger partial charge in [0, 0.05) is 0 Å². The van der Waals surface area contributed by atoms with Crippen LogP contribution in [-0.4, -0.2) is 13.1 Å². The molecule has 0 spiro atoms. The highest BCUT2D eigenvalue weighted by Gasteiger charge is 2.04. The standard InChI is InChI=1S/C8H16O2/c1-7(2)4-8(3)5-10-6-9/h6-8H,4-5H2,1-3H3. The highest BCUT2D eigenvalue weighted by molar-refractivity contribution is 5.36. The quantitative estimate of drug-likeness (QED) is 0.550. The number of hydrogen-bond donors (Lipinski definition) is 0. The van der Waals surface area contributed by atoms with Gasteiger partial charge in [-0.25, -0.2) is 0 Å². The summed E-state index contributed by atoms with van der Waals surface area (Å²) in [6, 6.07) is 0. The summed E-state index contributed by atoms with van der Waals surface area (Å²) in [5, 5.41) is 0. The molecule has 1 unspecified atom stereocenters. The molecule has 0 saturated heterocycles. The number of carbonyl (C=O) groups excluding carboxylic acids is 1. The summed E-state index contributed by atoms with van der Waals surface area (Å²) in [6.45, 7) is 7.48. The summed E-state index contributed by atoms with van der Waals surface area (Å²) in [4.78, 5) is 9.77. The minimum atomic E-state index is 0.491. The Morgan fingerprint density at radius 3 is 2.40 bits per heavy atom. The zero-order valence-electron chi connectivity index (χ0n) is 6.96. The van der Waals surface area contributed by atoms with Gasteiger partial charge < -0.3 is 4.74 Å². The summed E-state index contributed by atoms with van der Waals surface area (Å²) >= 11 is 0.